The molecular weight excluding hydrogens is 312 g/mol. The lowest BCUT2D eigenvalue weighted by molar-refractivity contribution is -0.355. The number of benzene rings is 3. The van der Waals surface area contributed by atoms with Crippen LogP contribution in [0.4, 0.5) is 5.69 Å². The summed E-state index contributed by atoms with van der Waals surface area (Å²) in [6.07, 6.45) is 0. The second-order valence-electron chi connectivity index (χ2n) is 5.76. The van der Waals surface area contributed by atoms with Gasteiger partial charge in [-0.15, -0.1) is 0 Å². The minimum atomic E-state index is -0.352. The third-order valence-corrected chi connectivity index (χ3v) is 4.27. The van der Waals surface area contributed by atoms with E-state index in [2.05, 4.69) is 0 Å². The number of ketones is 1. The number of rotatable bonds is 2. The monoisotopic (exact) mass is 324 g/mol. The molecular formula is C21H12N2O2. The van der Waals surface area contributed by atoms with E-state index in [1.54, 1.807) is 18.2 Å². The minimum Gasteiger partial charge on any atom is -0.618 e. The zero-order chi connectivity index (χ0) is 17.4. The van der Waals surface area contributed by atoms with Crippen LogP contribution < -0.4 is 0 Å². The molecule has 25 heavy (non-hydrogen) atoms. The molecule has 4 heteroatoms. The fourth-order valence-corrected chi connectivity index (χ4v) is 3.00. The van der Waals surface area contributed by atoms with Gasteiger partial charge in [0.1, 0.15) is 5.56 Å². The second kappa shape index (κ2) is 5.73. The Labute approximate surface area is 144 Å². The molecule has 3 aromatic rings. The van der Waals surface area contributed by atoms with Crippen molar-refractivity contribution in [2.45, 2.75) is 0 Å². The number of nitriles is 1. The number of carbonyl (C=O) groups excluding carboxylic acids is 1. The average Bonchev–Trinajstić information content (AvgIpc) is 2.92. The van der Waals surface area contributed by atoms with Crippen LogP contribution in [0.3, 0.4) is 0 Å². The third-order valence-electron chi connectivity index (χ3n) is 4.27. The summed E-state index contributed by atoms with van der Waals surface area (Å²) in [5.74, 6) is -0.352. The maximum Gasteiger partial charge on any atom is 0.272 e. The molecule has 4 nitrogen and oxygen atoms in total. The van der Waals surface area contributed by atoms with E-state index in [-0.39, 0.29) is 22.7 Å². The molecule has 3 aromatic carbocycles. The van der Waals surface area contributed by atoms with Gasteiger partial charge in [0.15, 0.2) is 0 Å². The van der Waals surface area contributed by atoms with E-state index in [1.807, 2.05) is 48.5 Å². The molecule has 0 bridgehead atoms. The Morgan fingerprint density at radius 1 is 0.840 bits per heavy atom. The van der Waals surface area contributed by atoms with E-state index in [1.165, 1.54) is 12.1 Å². The molecule has 0 aliphatic carbocycles. The predicted octanol–water partition coefficient (Wildman–Crippen LogP) is 4.05. The van der Waals surface area contributed by atoms with Gasteiger partial charge >= 0.3 is 0 Å². The molecule has 0 saturated carbocycles. The first-order chi connectivity index (χ1) is 12.2. The molecule has 118 valence electrons. The average molecular weight is 324 g/mol. The Bertz CT molecular complexity index is 1060. The molecule has 1 heterocycles. The summed E-state index contributed by atoms with van der Waals surface area (Å²) in [6.45, 7) is 0. The van der Waals surface area contributed by atoms with Gasteiger partial charge in [-0.05, 0) is 35.4 Å². The summed E-state index contributed by atoms with van der Waals surface area (Å²) >= 11 is 0. The van der Waals surface area contributed by atoms with Gasteiger partial charge in [-0.2, -0.15) is 10.0 Å². The summed E-state index contributed by atoms with van der Waals surface area (Å²) in [5.41, 5.74) is 3.65. The van der Waals surface area contributed by atoms with Crippen molar-refractivity contribution >= 4 is 17.2 Å². The summed E-state index contributed by atoms with van der Waals surface area (Å²) in [6, 6.07) is 23.7. The van der Waals surface area contributed by atoms with Crippen LogP contribution >= 0.6 is 0 Å². The Kier molecular flexibility index (Phi) is 3.41. The van der Waals surface area contributed by atoms with Gasteiger partial charge in [0.2, 0.25) is 5.69 Å². The lowest BCUT2D eigenvalue weighted by Crippen LogP contribution is -2.16. The van der Waals surface area contributed by atoms with Crippen LogP contribution in [0.25, 0.3) is 11.1 Å². The summed E-state index contributed by atoms with van der Waals surface area (Å²) in [7, 11) is 0. The van der Waals surface area contributed by atoms with Gasteiger partial charge in [-0.3, -0.25) is 4.79 Å². The lowest BCUT2D eigenvalue weighted by atomic mass is 9.99. The van der Waals surface area contributed by atoms with Crippen molar-refractivity contribution in [3.63, 3.8) is 0 Å². The van der Waals surface area contributed by atoms with Crippen LogP contribution in [0.5, 0.6) is 0 Å². The highest BCUT2D eigenvalue weighted by atomic mass is 16.5. The van der Waals surface area contributed by atoms with Gasteiger partial charge in [0, 0.05) is 6.07 Å². The smallest absolute Gasteiger partial charge is 0.272 e. The third kappa shape index (κ3) is 2.39. The second-order valence-corrected chi connectivity index (χ2v) is 5.76. The van der Waals surface area contributed by atoms with Gasteiger partial charge < -0.3 is 5.21 Å². The number of hydrogen-bond acceptors (Lipinski definition) is 3. The van der Waals surface area contributed by atoms with Crippen molar-refractivity contribution in [1.82, 2.24) is 0 Å². The van der Waals surface area contributed by atoms with Crippen LogP contribution in [-0.2, 0) is 0 Å². The van der Waals surface area contributed by atoms with Gasteiger partial charge in [-0.25, -0.2) is 0 Å². The van der Waals surface area contributed by atoms with Crippen LogP contribution in [0, 0.1) is 16.5 Å². The van der Waals surface area contributed by atoms with Gasteiger partial charge in [-0.1, -0.05) is 42.5 Å². The SMILES string of the molecule is N#Cc1ccc2c(c1)C(=O)C(c1ccc(-c3ccccc3)cc1)=[N+]2[O-]. The van der Waals surface area contributed by atoms with E-state index in [0.29, 0.717) is 15.9 Å². The normalized spacial score (nSPS) is 12.8. The van der Waals surface area contributed by atoms with E-state index >= 15 is 0 Å². The highest BCUT2D eigenvalue weighted by molar-refractivity contribution is 6.52. The van der Waals surface area contributed by atoms with Crippen molar-refractivity contribution in [2.75, 3.05) is 0 Å². The van der Waals surface area contributed by atoms with E-state index < -0.39 is 0 Å². The molecule has 0 unspecified atom stereocenters. The summed E-state index contributed by atoms with van der Waals surface area (Å²) in [5, 5.41) is 21.5. The summed E-state index contributed by atoms with van der Waals surface area (Å²) in [4.78, 5) is 12.6. The standard InChI is InChI=1S/C21H12N2O2/c22-13-14-6-11-19-18(12-14)21(24)20(23(19)25)17-9-7-16(8-10-17)15-4-2-1-3-5-15/h1-12H. The van der Waals surface area contributed by atoms with Crippen molar-refractivity contribution in [1.29, 1.82) is 5.26 Å². The van der Waals surface area contributed by atoms with Crippen molar-refractivity contribution in [3.8, 4) is 17.2 Å². The fourth-order valence-electron chi connectivity index (χ4n) is 3.00. The van der Waals surface area contributed by atoms with Crippen molar-refractivity contribution in [3.05, 3.63) is 94.7 Å². The van der Waals surface area contributed by atoms with Crippen molar-refractivity contribution in [2.24, 2.45) is 0 Å². The first-order valence-corrected chi connectivity index (χ1v) is 7.78. The van der Waals surface area contributed by atoms with Gasteiger partial charge in [0.05, 0.1) is 17.2 Å². The van der Waals surface area contributed by atoms with E-state index in [4.69, 9.17) is 5.26 Å². The molecule has 0 aromatic heterocycles. The molecule has 0 spiro atoms. The first-order valence-electron chi connectivity index (χ1n) is 7.78. The Hall–Kier alpha value is -3.71. The Morgan fingerprint density at radius 3 is 2.16 bits per heavy atom. The number of nitrogens with zero attached hydrogens (tertiary/aromatic N) is 2. The minimum absolute atomic E-state index is 0.0877. The highest BCUT2D eigenvalue weighted by Crippen LogP contribution is 2.29. The van der Waals surface area contributed by atoms with E-state index in [0.717, 1.165) is 11.1 Å². The number of fused-ring (bicyclic) bond motifs is 1. The molecule has 0 saturated heterocycles. The predicted molar refractivity (Wildman–Crippen MR) is 94.8 cm³/mol. The number of hydrogen-bond donors (Lipinski definition) is 0. The quantitative estimate of drug-likeness (QED) is 0.527. The molecule has 4 rings (SSSR count). The van der Waals surface area contributed by atoms with E-state index in [9.17, 15) is 10.0 Å². The molecule has 1 aliphatic rings. The van der Waals surface area contributed by atoms with Crippen LogP contribution in [-0.4, -0.2) is 16.2 Å². The Morgan fingerprint density at radius 2 is 1.48 bits per heavy atom. The zero-order valence-electron chi connectivity index (χ0n) is 13.1. The van der Waals surface area contributed by atoms with Gasteiger partial charge in [0.25, 0.3) is 11.5 Å². The maximum absolute atomic E-state index is 12.6. The largest absolute Gasteiger partial charge is 0.618 e. The first kappa shape index (κ1) is 14.9. The zero-order valence-corrected chi connectivity index (χ0v) is 13.1. The number of carbonyl (C=O) groups is 1. The molecule has 0 amide bonds. The van der Waals surface area contributed by atoms with Crippen LogP contribution in [0.1, 0.15) is 21.5 Å². The Balaban J connectivity index is 1.74. The molecule has 0 N–H and O–H groups in total. The lowest BCUT2D eigenvalue weighted by Gasteiger charge is -2.04. The molecule has 0 radical (unpaired) electrons. The fraction of sp³-hybridized carbons (Fsp3) is 0. The van der Waals surface area contributed by atoms with Crippen LogP contribution in [0.15, 0.2) is 72.8 Å². The highest BCUT2D eigenvalue weighted by Gasteiger charge is 2.36. The molecule has 0 atom stereocenters. The van der Waals surface area contributed by atoms with Crippen molar-refractivity contribution < 1.29 is 9.53 Å². The molecule has 1 aliphatic heterocycles. The maximum atomic E-state index is 12.6. The number of Topliss-reactive ketones (excluding diaryl/α,β-unsaturated/α-hetero) is 1. The topological polar surface area (TPSA) is 66.9 Å². The molecule has 0 fully saturated rings. The summed E-state index contributed by atoms with van der Waals surface area (Å²) < 4.78 is 0.649. The van der Waals surface area contributed by atoms with Crippen LogP contribution in [0.2, 0.25) is 0 Å².